The molecule has 0 radical (unpaired) electrons. The van der Waals surface area contributed by atoms with E-state index < -0.39 is 0 Å². The van der Waals surface area contributed by atoms with E-state index in [9.17, 15) is 0 Å². The second kappa shape index (κ2) is 5.34. The van der Waals surface area contributed by atoms with Gasteiger partial charge in [0.2, 0.25) is 0 Å². The summed E-state index contributed by atoms with van der Waals surface area (Å²) in [6.45, 7) is 12.2. The number of halogens is 1. The molecule has 2 rings (SSSR count). The highest BCUT2D eigenvalue weighted by atomic mass is 35.5. The normalized spacial score (nSPS) is 19.1. The second-order valence-electron chi connectivity index (χ2n) is 7.69. The Hall–Kier alpha value is -0.540. The summed E-state index contributed by atoms with van der Waals surface area (Å²) in [5, 5.41) is 8.92. The topological polar surface area (TPSA) is 29.9 Å². The number of nitrogens with zero attached hydrogens (tertiary/aromatic N) is 2. The lowest BCUT2D eigenvalue weighted by Gasteiger charge is -2.34. The van der Waals surface area contributed by atoms with Gasteiger partial charge >= 0.3 is 0 Å². The summed E-state index contributed by atoms with van der Waals surface area (Å²) in [6.07, 6.45) is 3.71. The van der Waals surface area contributed by atoms with Crippen LogP contribution in [-0.2, 0) is 13.5 Å². The minimum absolute atomic E-state index is 0.157. The molecule has 1 N–H and O–H groups in total. The molecule has 0 amide bonds. The van der Waals surface area contributed by atoms with E-state index in [2.05, 4.69) is 45.0 Å². The SMILES string of the molecule is Cc1nn(C)c(Cl)c1CC(C)(CNC(C)(C)C)C1CC1. The molecule has 1 aromatic heterocycles. The lowest BCUT2D eigenvalue weighted by atomic mass is 9.78. The molecule has 0 spiro atoms. The van der Waals surface area contributed by atoms with Gasteiger partial charge in [-0.15, -0.1) is 0 Å². The molecular weight excluding hydrogens is 270 g/mol. The second-order valence-corrected chi connectivity index (χ2v) is 8.05. The number of aromatic nitrogens is 2. The van der Waals surface area contributed by atoms with Gasteiger partial charge in [-0.1, -0.05) is 18.5 Å². The molecule has 1 aliphatic carbocycles. The van der Waals surface area contributed by atoms with Crippen LogP contribution in [0.4, 0.5) is 0 Å². The summed E-state index contributed by atoms with van der Waals surface area (Å²) in [5.74, 6) is 0.813. The Kier molecular flexibility index (Phi) is 4.23. The molecular formula is C16H28ClN3. The zero-order chi connectivity index (χ0) is 15.1. The summed E-state index contributed by atoms with van der Waals surface area (Å²) < 4.78 is 1.79. The Morgan fingerprint density at radius 2 is 1.90 bits per heavy atom. The van der Waals surface area contributed by atoms with Crippen molar-refractivity contribution in [2.75, 3.05) is 6.54 Å². The van der Waals surface area contributed by atoms with Gasteiger partial charge in [-0.25, -0.2) is 0 Å². The van der Waals surface area contributed by atoms with Gasteiger partial charge in [0.15, 0.2) is 0 Å². The summed E-state index contributed by atoms with van der Waals surface area (Å²) in [6, 6.07) is 0. The van der Waals surface area contributed by atoms with Crippen LogP contribution in [0.15, 0.2) is 0 Å². The van der Waals surface area contributed by atoms with E-state index in [1.165, 1.54) is 18.4 Å². The van der Waals surface area contributed by atoms with Crippen molar-refractivity contribution in [1.29, 1.82) is 0 Å². The van der Waals surface area contributed by atoms with Crippen molar-refractivity contribution in [3.05, 3.63) is 16.4 Å². The lowest BCUT2D eigenvalue weighted by Crippen LogP contribution is -2.44. The zero-order valence-electron chi connectivity index (χ0n) is 13.7. The van der Waals surface area contributed by atoms with E-state index in [1.807, 2.05) is 7.05 Å². The average molecular weight is 298 g/mol. The van der Waals surface area contributed by atoms with Gasteiger partial charge in [-0.3, -0.25) is 4.68 Å². The third-order valence-corrected chi connectivity index (χ3v) is 4.91. The van der Waals surface area contributed by atoms with Crippen LogP contribution in [0.25, 0.3) is 0 Å². The Bertz CT molecular complexity index is 483. The van der Waals surface area contributed by atoms with Crippen LogP contribution in [0.5, 0.6) is 0 Å². The molecule has 1 aromatic rings. The van der Waals surface area contributed by atoms with Crippen LogP contribution < -0.4 is 5.32 Å². The first-order valence-electron chi connectivity index (χ1n) is 7.55. The molecule has 0 aromatic carbocycles. The fourth-order valence-electron chi connectivity index (χ4n) is 2.88. The van der Waals surface area contributed by atoms with Gasteiger partial charge in [-0.2, -0.15) is 5.10 Å². The van der Waals surface area contributed by atoms with Gasteiger partial charge in [-0.05, 0) is 58.3 Å². The Balaban J connectivity index is 2.16. The lowest BCUT2D eigenvalue weighted by molar-refractivity contribution is 0.227. The number of hydrogen-bond donors (Lipinski definition) is 1. The van der Waals surface area contributed by atoms with E-state index in [4.69, 9.17) is 11.6 Å². The van der Waals surface area contributed by atoms with Crippen molar-refractivity contribution < 1.29 is 0 Å². The predicted octanol–water partition coefficient (Wildman–Crippen LogP) is 3.73. The number of rotatable bonds is 5. The summed E-state index contributed by atoms with van der Waals surface area (Å²) in [5.41, 5.74) is 2.72. The molecule has 114 valence electrons. The highest BCUT2D eigenvalue weighted by Gasteiger charge is 2.42. The molecule has 3 nitrogen and oxygen atoms in total. The molecule has 1 aliphatic rings. The van der Waals surface area contributed by atoms with Gasteiger partial charge in [0.1, 0.15) is 5.15 Å². The van der Waals surface area contributed by atoms with E-state index >= 15 is 0 Å². The fourth-order valence-corrected chi connectivity index (χ4v) is 3.12. The maximum absolute atomic E-state index is 6.42. The van der Waals surface area contributed by atoms with Crippen molar-refractivity contribution in [1.82, 2.24) is 15.1 Å². The van der Waals surface area contributed by atoms with Gasteiger partial charge in [0, 0.05) is 24.7 Å². The molecule has 0 aliphatic heterocycles. The van der Waals surface area contributed by atoms with Crippen molar-refractivity contribution in [3.63, 3.8) is 0 Å². The van der Waals surface area contributed by atoms with E-state index in [-0.39, 0.29) is 11.0 Å². The Labute approximate surface area is 128 Å². The molecule has 4 heteroatoms. The largest absolute Gasteiger partial charge is 0.312 e. The van der Waals surface area contributed by atoms with Crippen molar-refractivity contribution >= 4 is 11.6 Å². The van der Waals surface area contributed by atoms with Crippen LogP contribution >= 0.6 is 11.6 Å². The monoisotopic (exact) mass is 297 g/mol. The first-order chi connectivity index (χ1) is 9.12. The van der Waals surface area contributed by atoms with Crippen molar-refractivity contribution in [2.24, 2.45) is 18.4 Å². The Morgan fingerprint density at radius 1 is 1.30 bits per heavy atom. The minimum atomic E-state index is 0.157. The fraction of sp³-hybridized carbons (Fsp3) is 0.812. The zero-order valence-corrected chi connectivity index (χ0v) is 14.4. The molecule has 20 heavy (non-hydrogen) atoms. The van der Waals surface area contributed by atoms with Gasteiger partial charge < -0.3 is 5.32 Å². The predicted molar refractivity (Wildman–Crippen MR) is 85.2 cm³/mol. The minimum Gasteiger partial charge on any atom is -0.312 e. The average Bonchev–Trinajstić information content (AvgIpc) is 3.12. The highest BCUT2D eigenvalue weighted by Crippen LogP contribution is 2.48. The summed E-state index contributed by atoms with van der Waals surface area (Å²) in [7, 11) is 1.92. The van der Waals surface area contributed by atoms with Crippen molar-refractivity contribution in [3.8, 4) is 0 Å². The molecule has 1 heterocycles. The molecule has 1 unspecified atom stereocenters. The van der Waals surface area contributed by atoms with Crippen LogP contribution in [0.2, 0.25) is 5.15 Å². The van der Waals surface area contributed by atoms with Crippen LogP contribution in [0.3, 0.4) is 0 Å². The van der Waals surface area contributed by atoms with E-state index in [0.29, 0.717) is 0 Å². The van der Waals surface area contributed by atoms with Crippen LogP contribution in [0.1, 0.15) is 51.8 Å². The van der Waals surface area contributed by atoms with E-state index in [1.54, 1.807) is 4.68 Å². The summed E-state index contributed by atoms with van der Waals surface area (Å²) in [4.78, 5) is 0. The first kappa shape index (κ1) is 15.8. The third-order valence-electron chi connectivity index (χ3n) is 4.44. The highest BCUT2D eigenvalue weighted by molar-refractivity contribution is 6.30. The quantitative estimate of drug-likeness (QED) is 0.897. The van der Waals surface area contributed by atoms with Crippen LogP contribution in [0, 0.1) is 18.3 Å². The molecule has 1 saturated carbocycles. The molecule has 1 fully saturated rings. The smallest absolute Gasteiger partial charge is 0.130 e. The number of aryl methyl sites for hydroxylation is 2. The first-order valence-corrected chi connectivity index (χ1v) is 7.93. The van der Waals surface area contributed by atoms with Gasteiger partial charge in [0.25, 0.3) is 0 Å². The van der Waals surface area contributed by atoms with Crippen molar-refractivity contribution in [2.45, 2.75) is 59.4 Å². The summed E-state index contributed by atoms with van der Waals surface area (Å²) >= 11 is 6.42. The number of nitrogens with one attached hydrogen (secondary N) is 1. The van der Waals surface area contributed by atoms with Crippen LogP contribution in [-0.4, -0.2) is 21.9 Å². The third kappa shape index (κ3) is 3.56. The molecule has 0 bridgehead atoms. The van der Waals surface area contributed by atoms with Gasteiger partial charge in [0.05, 0.1) is 5.69 Å². The number of hydrogen-bond acceptors (Lipinski definition) is 2. The molecule has 0 saturated heterocycles. The standard InChI is InChI=1S/C16H28ClN3/c1-11-13(14(17)20(6)19-11)9-16(5,12-7-8-12)10-18-15(2,3)4/h12,18H,7-10H2,1-6H3. The van der Waals surface area contributed by atoms with E-state index in [0.717, 1.165) is 29.7 Å². The maximum Gasteiger partial charge on any atom is 0.130 e. The molecule has 1 atom stereocenters. The maximum atomic E-state index is 6.42. The Morgan fingerprint density at radius 3 is 2.30 bits per heavy atom.